The summed E-state index contributed by atoms with van der Waals surface area (Å²) in [4.78, 5) is 23.7. The Bertz CT molecular complexity index is 860. The average molecular weight is 349 g/mol. The smallest absolute Gasteiger partial charge is 0.325 e. The van der Waals surface area contributed by atoms with E-state index in [1.807, 2.05) is 60.7 Å². The van der Waals surface area contributed by atoms with Crippen LogP contribution in [0.3, 0.4) is 0 Å². The topological polar surface area (TPSA) is 73.2 Å². The number of hydrogen-bond acceptors (Lipinski definition) is 4. The molecular formula is C20H19N3O3. The van der Waals surface area contributed by atoms with Gasteiger partial charge in [0.25, 0.3) is 0 Å². The summed E-state index contributed by atoms with van der Waals surface area (Å²) in [5.74, 6) is -0.726. The van der Waals surface area contributed by atoms with E-state index in [-0.39, 0.29) is 25.5 Å². The van der Waals surface area contributed by atoms with E-state index in [2.05, 4.69) is 10.4 Å². The van der Waals surface area contributed by atoms with Crippen LogP contribution in [0.25, 0.3) is 5.69 Å². The molecule has 3 rings (SSSR count). The van der Waals surface area contributed by atoms with Crippen LogP contribution >= 0.6 is 0 Å². The largest absolute Gasteiger partial charge is 0.460 e. The number of aromatic nitrogens is 2. The summed E-state index contributed by atoms with van der Waals surface area (Å²) in [5.41, 5.74) is 2.59. The number of benzene rings is 2. The number of carbonyl (C=O) groups excluding carboxylic acids is 2. The first kappa shape index (κ1) is 17.4. The molecule has 0 atom stereocenters. The first-order chi connectivity index (χ1) is 12.7. The quantitative estimate of drug-likeness (QED) is 0.664. The lowest BCUT2D eigenvalue weighted by Gasteiger charge is -2.06. The highest BCUT2D eigenvalue weighted by Gasteiger charge is 2.09. The third-order valence-corrected chi connectivity index (χ3v) is 3.69. The highest BCUT2D eigenvalue weighted by Crippen LogP contribution is 2.08. The van der Waals surface area contributed by atoms with Crippen molar-refractivity contribution in [2.24, 2.45) is 0 Å². The molecule has 0 saturated heterocycles. The van der Waals surface area contributed by atoms with Gasteiger partial charge in [-0.05, 0) is 23.3 Å². The van der Waals surface area contributed by atoms with E-state index in [0.29, 0.717) is 0 Å². The molecular weight excluding hydrogens is 330 g/mol. The van der Waals surface area contributed by atoms with E-state index in [9.17, 15) is 9.59 Å². The van der Waals surface area contributed by atoms with Gasteiger partial charge in [0.05, 0.1) is 18.3 Å². The van der Waals surface area contributed by atoms with Gasteiger partial charge in [0, 0.05) is 6.20 Å². The van der Waals surface area contributed by atoms with E-state index in [1.165, 1.54) is 0 Å². The molecule has 1 aromatic heterocycles. The van der Waals surface area contributed by atoms with Crippen molar-refractivity contribution in [2.45, 2.75) is 13.0 Å². The molecule has 1 heterocycles. The van der Waals surface area contributed by atoms with Crippen LogP contribution in [0.5, 0.6) is 0 Å². The average Bonchev–Trinajstić information content (AvgIpc) is 3.15. The Kier molecular flexibility index (Phi) is 5.77. The minimum absolute atomic E-state index is 0.152. The monoisotopic (exact) mass is 349 g/mol. The molecule has 6 nitrogen and oxygen atoms in total. The number of hydrogen-bond donors (Lipinski definition) is 1. The maximum Gasteiger partial charge on any atom is 0.325 e. The number of nitrogens with zero attached hydrogens (tertiary/aromatic N) is 2. The molecule has 0 aliphatic carbocycles. The fourth-order valence-corrected chi connectivity index (χ4v) is 2.38. The summed E-state index contributed by atoms with van der Waals surface area (Å²) >= 11 is 0. The zero-order valence-corrected chi connectivity index (χ0v) is 14.2. The van der Waals surface area contributed by atoms with Crippen molar-refractivity contribution >= 4 is 11.9 Å². The van der Waals surface area contributed by atoms with E-state index in [0.717, 1.165) is 16.8 Å². The van der Waals surface area contributed by atoms with Crippen molar-refractivity contribution in [3.63, 3.8) is 0 Å². The molecule has 0 fully saturated rings. The summed E-state index contributed by atoms with van der Waals surface area (Å²) < 4.78 is 6.83. The van der Waals surface area contributed by atoms with Gasteiger partial charge in [0.2, 0.25) is 5.91 Å². The Hall–Kier alpha value is -3.41. The van der Waals surface area contributed by atoms with Gasteiger partial charge in [-0.3, -0.25) is 9.59 Å². The van der Waals surface area contributed by atoms with Crippen LogP contribution in [0.1, 0.15) is 11.1 Å². The summed E-state index contributed by atoms with van der Waals surface area (Å²) in [7, 11) is 0. The number of esters is 1. The lowest BCUT2D eigenvalue weighted by Crippen LogP contribution is -2.31. The zero-order valence-electron chi connectivity index (χ0n) is 14.2. The third kappa shape index (κ3) is 5.04. The van der Waals surface area contributed by atoms with Gasteiger partial charge in [0.1, 0.15) is 13.2 Å². The van der Waals surface area contributed by atoms with E-state index in [4.69, 9.17) is 4.74 Å². The van der Waals surface area contributed by atoms with E-state index < -0.39 is 5.97 Å². The second kappa shape index (κ2) is 8.62. The molecule has 3 aromatic rings. The predicted octanol–water partition coefficient (Wildman–Crippen LogP) is 2.27. The van der Waals surface area contributed by atoms with Gasteiger partial charge < -0.3 is 10.1 Å². The number of amides is 1. The second-order valence-corrected chi connectivity index (χ2v) is 5.73. The molecule has 0 spiro atoms. The number of carbonyl (C=O) groups is 2. The lowest BCUT2D eigenvalue weighted by atomic mass is 10.2. The predicted molar refractivity (Wildman–Crippen MR) is 96.5 cm³/mol. The summed E-state index contributed by atoms with van der Waals surface area (Å²) in [6.07, 6.45) is 3.59. The van der Waals surface area contributed by atoms with E-state index >= 15 is 0 Å². The maximum absolute atomic E-state index is 12.0. The van der Waals surface area contributed by atoms with Crippen LogP contribution in [0.2, 0.25) is 0 Å². The Morgan fingerprint density at radius 2 is 1.65 bits per heavy atom. The molecule has 1 amide bonds. The van der Waals surface area contributed by atoms with Gasteiger partial charge in [-0.1, -0.05) is 48.5 Å². The zero-order chi connectivity index (χ0) is 18.2. The van der Waals surface area contributed by atoms with Gasteiger partial charge in [-0.2, -0.15) is 5.10 Å². The number of nitrogens with one attached hydrogen (secondary N) is 1. The minimum atomic E-state index is -0.470. The van der Waals surface area contributed by atoms with Crippen LogP contribution in [0.4, 0.5) is 0 Å². The van der Waals surface area contributed by atoms with Crippen molar-refractivity contribution < 1.29 is 14.3 Å². The number of para-hydroxylation sites is 1. The standard InChI is InChI=1S/C20H19N3O3/c24-19(21-13-20(25)26-15-16-7-3-1-4-8-16)11-17-12-22-23(14-17)18-9-5-2-6-10-18/h1-10,12,14H,11,13,15H2,(H,21,24). The highest BCUT2D eigenvalue weighted by atomic mass is 16.5. The molecule has 0 bridgehead atoms. The first-order valence-corrected chi connectivity index (χ1v) is 8.26. The lowest BCUT2D eigenvalue weighted by molar-refractivity contribution is -0.145. The Morgan fingerprint density at radius 1 is 0.962 bits per heavy atom. The second-order valence-electron chi connectivity index (χ2n) is 5.73. The van der Waals surface area contributed by atoms with Crippen LogP contribution in [0, 0.1) is 0 Å². The minimum Gasteiger partial charge on any atom is -0.460 e. The van der Waals surface area contributed by atoms with Crippen LogP contribution in [0.15, 0.2) is 73.1 Å². The Labute approximate surface area is 151 Å². The van der Waals surface area contributed by atoms with Gasteiger partial charge >= 0.3 is 5.97 Å². The SMILES string of the molecule is O=C(Cc1cnn(-c2ccccc2)c1)NCC(=O)OCc1ccccc1. The van der Waals surface area contributed by atoms with Gasteiger partial charge in [-0.15, -0.1) is 0 Å². The molecule has 0 radical (unpaired) electrons. The van der Waals surface area contributed by atoms with Gasteiger partial charge in [0.15, 0.2) is 0 Å². The first-order valence-electron chi connectivity index (χ1n) is 8.26. The third-order valence-electron chi connectivity index (χ3n) is 3.69. The number of ether oxygens (including phenoxy) is 1. The van der Waals surface area contributed by atoms with Gasteiger partial charge in [-0.25, -0.2) is 4.68 Å². The van der Waals surface area contributed by atoms with Crippen molar-refractivity contribution in [3.8, 4) is 5.69 Å². The van der Waals surface area contributed by atoms with Crippen LogP contribution < -0.4 is 5.32 Å². The van der Waals surface area contributed by atoms with E-state index in [1.54, 1.807) is 17.1 Å². The molecule has 0 saturated carbocycles. The fourth-order valence-electron chi connectivity index (χ4n) is 2.38. The Balaban J connectivity index is 1.43. The molecule has 0 aliphatic heterocycles. The maximum atomic E-state index is 12.0. The highest BCUT2D eigenvalue weighted by molar-refractivity contribution is 5.83. The number of rotatable bonds is 7. The van der Waals surface area contributed by atoms with Crippen LogP contribution in [-0.4, -0.2) is 28.2 Å². The molecule has 2 aromatic carbocycles. The summed E-state index contributed by atoms with van der Waals surface area (Å²) in [6.45, 7) is 0.0396. The normalized spacial score (nSPS) is 10.3. The van der Waals surface area contributed by atoms with Crippen molar-refractivity contribution in [1.82, 2.24) is 15.1 Å². The molecule has 26 heavy (non-hydrogen) atoms. The van der Waals surface area contributed by atoms with Crippen LogP contribution in [-0.2, 0) is 27.4 Å². The molecule has 0 aliphatic rings. The molecule has 132 valence electrons. The van der Waals surface area contributed by atoms with Crippen molar-refractivity contribution in [2.75, 3.05) is 6.54 Å². The fraction of sp³-hybridized carbons (Fsp3) is 0.150. The summed E-state index contributed by atoms with van der Waals surface area (Å²) in [6, 6.07) is 19.0. The summed E-state index contributed by atoms with van der Waals surface area (Å²) in [5, 5.41) is 6.81. The van der Waals surface area contributed by atoms with Crippen molar-refractivity contribution in [1.29, 1.82) is 0 Å². The molecule has 0 unspecified atom stereocenters. The molecule has 6 heteroatoms. The molecule has 1 N–H and O–H groups in total. The Morgan fingerprint density at radius 3 is 2.38 bits per heavy atom. The van der Waals surface area contributed by atoms with Crippen molar-refractivity contribution in [3.05, 3.63) is 84.2 Å².